The van der Waals surface area contributed by atoms with Crippen molar-refractivity contribution in [3.63, 3.8) is 0 Å². The lowest BCUT2D eigenvalue weighted by molar-refractivity contribution is -0.104. The van der Waals surface area contributed by atoms with Crippen molar-refractivity contribution in [3.05, 3.63) is 54.1 Å². The van der Waals surface area contributed by atoms with Crippen LogP contribution >= 0.6 is 0 Å². The van der Waals surface area contributed by atoms with Crippen LogP contribution < -0.4 is 0 Å². The molecule has 86 valence electrons. The van der Waals surface area contributed by atoms with Crippen molar-refractivity contribution in [2.75, 3.05) is 0 Å². The van der Waals surface area contributed by atoms with Crippen molar-refractivity contribution in [3.8, 4) is 5.69 Å². The molecule has 2 rings (SSSR count). The molecule has 0 spiro atoms. The summed E-state index contributed by atoms with van der Waals surface area (Å²) < 4.78 is 1.94. The summed E-state index contributed by atoms with van der Waals surface area (Å²) in [5.74, 6) is 0. The number of allylic oxidation sites excluding steroid dienone is 1. The van der Waals surface area contributed by atoms with Gasteiger partial charge in [-0.1, -0.05) is 19.1 Å². The summed E-state index contributed by atoms with van der Waals surface area (Å²) >= 11 is 0. The lowest BCUT2D eigenvalue weighted by Gasteiger charge is -2.02. The Morgan fingerprint density at radius 1 is 1.35 bits per heavy atom. The fourth-order valence-electron chi connectivity index (χ4n) is 1.59. The van der Waals surface area contributed by atoms with Crippen LogP contribution in [0.15, 0.2) is 48.6 Å². The first-order valence-electron chi connectivity index (χ1n) is 5.57. The molecule has 3 nitrogen and oxygen atoms in total. The number of benzene rings is 1. The SMILES string of the molecule is CCC(C=O)=Cc1ccc(-n2ccnc2)cc1. The molecular weight excluding hydrogens is 212 g/mol. The van der Waals surface area contributed by atoms with Gasteiger partial charge in [-0.25, -0.2) is 4.98 Å². The van der Waals surface area contributed by atoms with Crippen molar-refractivity contribution < 1.29 is 4.79 Å². The van der Waals surface area contributed by atoms with E-state index in [1.807, 2.05) is 48.0 Å². The third-order valence-electron chi connectivity index (χ3n) is 2.61. The molecule has 1 heterocycles. The average Bonchev–Trinajstić information content (AvgIpc) is 2.90. The average molecular weight is 226 g/mol. The third-order valence-corrected chi connectivity index (χ3v) is 2.61. The predicted octanol–water partition coefficient (Wildman–Crippen LogP) is 2.86. The maximum atomic E-state index is 10.7. The van der Waals surface area contributed by atoms with Crippen LogP contribution in [-0.4, -0.2) is 15.8 Å². The number of nitrogens with zero attached hydrogens (tertiary/aromatic N) is 2. The number of hydrogen-bond acceptors (Lipinski definition) is 2. The summed E-state index contributed by atoms with van der Waals surface area (Å²) in [5.41, 5.74) is 2.90. The minimum atomic E-state index is 0.757. The molecule has 2 aromatic rings. The normalized spacial score (nSPS) is 11.5. The van der Waals surface area contributed by atoms with Gasteiger partial charge >= 0.3 is 0 Å². The molecule has 0 saturated heterocycles. The van der Waals surface area contributed by atoms with Crippen LogP contribution in [0.25, 0.3) is 11.8 Å². The number of carbonyl (C=O) groups excluding carboxylic acids is 1. The molecule has 0 saturated carbocycles. The standard InChI is InChI=1S/C14H14N2O/c1-2-12(10-17)9-13-3-5-14(6-4-13)16-8-7-15-11-16/h3-11H,2H2,1H3. The zero-order valence-corrected chi connectivity index (χ0v) is 9.71. The van der Waals surface area contributed by atoms with Gasteiger partial charge in [0.2, 0.25) is 0 Å². The quantitative estimate of drug-likeness (QED) is 0.593. The first-order valence-corrected chi connectivity index (χ1v) is 5.57. The minimum absolute atomic E-state index is 0.757. The van der Waals surface area contributed by atoms with Crippen LogP contribution in [0.3, 0.4) is 0 Å². The van der Waals surface area contributed by atoms with Crippen LogP contribution in [0.2, 0.25) is 0 Å². The summed E-state index contributed by atoms with van der Waals surface area (Å²) in [5, 5.41) is 0. The molecule has 0 bridgehead atoms. The second-order valence-electron chi connectivity index (χ2n) is 3.75. The van der Waals surface area contributed by atoms with Crippen LogP contribution in [0.4, 0.5) is 0 Å². The second kappa shape index (κ2) is 5.25. The Labute approximate surface area is 100 Å². The highest BCUT2D eigenvalue weighted by atomic mass is 16.1. The third kappa shape index (κ3) is 2.69. The molecule has 0 aliphatic heterocycles. The topological polar surface area (TPSA) is 34.9 Å². The minimum Gasteiger partial charge on any atom is -0.306 e. The smallest absolute Gasteiger partial charge is 0.146 e. The number of carbonyl (C=O) groups is 1. The molecule has 1 aromatic carbocycles. The Bertz CT molecular complexity index is 510. The molecule has 3 heteroatoms. The molecule has 17 heavy (non-hydrogen) atoms. The predicted molar refractivity (Wildman–Crippen MR) is 67.9 cm³/mol. The Morgan fingerprint density at radius 2 is 2.12 bits per heavy atom. The van der Waals surface area contributed by atoms with E-state index in [4.69, 9.17) is 0 Å². The number of imidazole rings is 1. The van der Waals surface area contributed by atoms with E-state index in [0.29, 0.717) is 0 Å². The zero-order chi connectivity index (χ0) is 12.1. The number of rotatable bonds is 4. The van der Waals surface area contributed by atoms with Crippen LogP contribution in [-0.2, 0) is 4.79 Å². The van der Waals surface area contributed by atoms with Gasteiger partial charge in [-0.3, -0.25) is 4.79 Å². The van der Waals surface area contributed by atoms with E-state index in [1.165, 1.54) is 0 Å². The zero-order valence-electron chi connectivity index (χ0n) is 9.71. The Morgan fingerprint density at radius 3 is 2.65 bits per heavy atom. The van der Waals surface area contributed by atoms with Crippen LogP contribution in [0, 0.1) is 0 Å². The van der Waals surface area contributed by atoms with Gasteiger partial charge in [0, 0.05) is 18.1 Å². The van der Waals surface area contributed by atoms with Gasteiger partial charge in [0.1, 0.15) is 6.29 Å². The lowest BCUT2D eigenvalue weighted by atomic mass is 10.1. The van der Waals surface area contributed by atoms with Gasteiger partial charge in [0.15, 0.2) is 0 Å². The highest BCUT2D eigenvalue weighted by Gasteiger charge is 1.96. The summed E-state index contributed by atoms with van der Waals surface area (Å²) in [4.78, 5) is 14.7. The summed E-state index contributed by atoms with van der Waals surface area (Å²) in [6.07, 6.45) is 8.97. The number of aldehydes is 1. The molecule has 0 N–H and O–H groups in total. The number of aromatic nitrogens is 2. The first kappa shape index (κ1) is 11.3. The highest BCUT2D eigenvalue weighted by Crippen LogP contribution is 2.12. The van der Waals surface area contributed by atoms with Crippen molar-refractivity contribution in [1.29, 1.82) is 0 Å². The van der Waals surface area contributed by atoms with E-state index >= 15 is 0 Å². The molecule has 0 radical (unpaired) electrons. The summed E-state index contributed by atoms with van der Waals surface area (Å²) in [7, 11) is 0. The van der Waals surface area contributed by atoms with Gasteiger partial charge in [-0.2, -0.15) is 0 Å². The maximum absolute atomic E-state index is 10.7. The fourth-order valence-corrected chi connectivity index (χ4v) is 1.59. The van der Waals surface area contributed by atoms with E-state index in [0.717, 1.165) is 29.5 Å². The second-order valence-corrected chi connectivity index (χ2v) is 3.75. The molecule has 0 unspecified atom stereocenters. The van der Waals surface area contributed by atoms with E-state index in [9.17, 15) is 4.79 Å². The molecule has 1 aromatic heterocycles. The van der Waals surface area contributed by atoms with E-state index in [2.05, 4.69) is 4.98 Å². The number of hydrogen-bond donors (Lipinski definition) is 0. The van der Waals surface area contributed by atoms with E-state index in [-0.39, 0.29) is 0 Å². The largest absolute Gasteiger partial charge is 0.306 e. The van der Waals surface area contributed by atoms with E-state index < -0.39 is 0 Å². The maximum Gasteiger partial charge on any atom is 0.146 e. The first-order chi connectivity index (χ1) is 8.33. The molecular formula is C14H14N2O. The summed E-state index contributed by atoms with van der Waals surface area (Å²) in [6.45, 7) is 1.97. The van der Waals surface area contributed by atoms with Crippen LogP contribution in [0.5, 0.6) is 0 Å². The van der Waals surface area contributed by atoms with E-state index in [1.54, 1.807) is 12.5 Å². The van der Waals surface area contributed by atoms with Crippen molar-refractivity contribution >= 4 is 12.4 Å². The fraction of sp³-hybridized carbons (Fsp3) is 0.143. The molecule has 0 amide bonds. The Kier molecular flexibility index (Phi) is 3.50. The lowest BCUT2D eigenvalue weighted by Crippen LogP contribution is -1.89. The van der Waals surface area contributed by atoms with Gasteiger partial charge in [-0.15, -0.1) is 0 Å². The van der Waals surface area contributed by atoms with Crippen molar-refractivity contribution in [2.45, 2.75) is 13.3 Å². The van der Waals surface area contributed by atoms with Crippen molar-refractivity contribution in [2.24, 2.45) is 0 Å². The summed E-state index contributed by atoms with van der Waals surface area (Å²) in [6, 6.07) is 8.00. The monoisotopic (exact) mass is 226 g/mol. The molecule has 0 fully saturated rings. The van der Waals surface area contributed by atoms with Gasteiger partial charge in [-0.05, 0) is 35.8 Å². The van der Waals surface area contributed by atoms with Crippen molar-refractivity contribution in [1.82, 2.24) is 9.55 Å². The molecule has 0 atom stereocenters. The van der Waals surface area contributed by atoms with Gasteiger partial charge in [0.25, 0.3) is 0 Å². The van der Waals surface area contributed by atoms with Gasteiger partial charge in [0.05, 0.1) is 6.33 Å². The highest BCUT2D eigenvalue weighted by molar-refractivity contribution is 5.81. The Balaban J connectivity index is 2.24. The Hall–Kier alpha value is -2.16. The van der Waals surface area contributed by atoms with Crippen LogP contribution in [0.1, 0.15) is 18.9 Å². The molecule has 0 aliphatic rings. The van der Waals surface area contributed by atoms with Gasteiger partial charge < -0.3 is 4.57 Å². The molecule has 0 aliphatic carbocycles.